The van der Waals surface area contributed by atoms with Crippen molar-refractivity contribution in [3.05, 3.63) is 42.6 Å². The third kappa shape index (κ3) is 6.06. The molecule has 14 nitrogen and oxygen atoms in total. The van der Waals surface area contributed by atoms with Gasteiger partial charge in [-0.05, 0) is 57.0 Å². The normalized spacial score (nSPS) is 14.1. The third-order valence-electron chi connectivity index (χ3n) is 5.36. The minimum Gasteiger partial charge on any atom is -0.336 e. The van der Waals surface area contributed by atoms with Crippen molar-refractivity contribution in [2.24, 2.45) is 0 Å². The number of carbonyl (C=O) groups excluding carboxylic acids is 1. The molecule has 0 atom stereocenters. The fourth-order valence-electron chi connectivity index (χ4n) is 3.56. The van der Waals surface area contributed by atoms with Gasteiger partial charge in [0.05, 0.1) is 6.54 Å². The number of tetrazole rings is 1. The van der Waals surface area contributed by atoms with E-state index in [0.717, 1.165) is 18.7 Å². The highest BCUT2D eigenvalue weighted by atomic mass is 32.2. The van der Waals surface area contributed by atoms with Gasteiger partial charge in [-0.15, -0.1) is 15.3 Å². The maximum absolute atomic E-state index is 12.7. The summed E-state index contributed by atoms with van der Waals surface area (Å²) in [6, 6.07) is 4.57. The van der Waals surface area contributed by atoms with Crippen LogP contribution in [-0.2, 0) is 16.6 Å². The molecule has 1 aliphatic rings. The quantitative estimate of drug-likeness (QED) is 0.308. The van der Waals surface area contributed by atoms with Crippen molar-refractivity contribution < 1.29 is 13.2 Å². The molecule has 0 bridgehead atoms. The van der Waals surface area contributed by atoms with E-state index in [9.17, 15) is 13.2 Å². The Morgan fingerprint density at radius 2 is 1.95 bits per heavy atom. The molecule has 0 spiro atoms. The smallest absolute Gasteiger partial charge is 0.321 e. The summed E-state index contributed by atoms with van der Waals surface area (Å²) in [5.74, 6) is 1.29. The number of fused-ring (bicyclic) bond motifs is 1. The summed E-state index contributed by atoms with van der Waals surface area (Å²) in [4.78, 5) is 22.2. The van der Waals surface area contributed by atoms with Gasteiger partial charge >= 0.3 is 6.03 Å². The van der Waals surface area contributed by atoms with Crippen LogP contribution in [0.2, 0.25) is 0 Å². The molecule has 1 aliphatic carbocycles. The molecule has 4 aromatic rings. The Kier molecular flexibility index (Phi) is 6.33. The Morgan fingerprint density at radius 3 is 2.70 bits per heavy atom. The van der Waals surface area contributed by atoms with E-state index in [2.05, 4.69) is 45.8 Å². The maximum atomic E-state index is 12.7. The van der Waals surface area contributed by atoms with E-state index in [-0.39, 0.29) is 10.8 Å². The van der Waals surface area contributed by atoms with E-state index in [0.29, 0.717) is 35.8 Å². The Morgan fingerprint density at radius 1 is 1.14 bits per heavy atom. The van der Waals surface area contributed by atoms with Crippen LogP contribution in [0.25, 0.3) is 16.8 Å². The first-order valence-electron chi connectivity index (χ1n) is 11.7. The van der Waals surface area contributed by atoms with E-state index in [1.54, 1.807) is 51.4 Å². The van der Waals surface area contributed by atoms with Crippen LogP contribution in [0.15, 0.2) is 41.7 Å². The number of nitrogens with zero attached hydrogens (tertiary/aromatic N) is 8. The molecule has 0 aromatic carbocycles. The molecule has 5 rings (SSSR count). The monoisotopic (exact) mass is 525 g/mol. The first kappa shape index (κ1) is 24.7. The summed E-state index contributed by atoms with van der Waals surface area (Å²) in [7, 11) is -3.74. The zero-order valence-corrected chi connectivity index (χ0v) is 21.4. The van der Waals surface area contributed by atoms with Crippen molar-refractivity contribution in [1.82, 2.24) is 49.8 Å². The molecule has 4 heterocycles. The van der Waals surface area contributed by atoms with Crippen molar-refractivity contribution in [2.45, 2.75) is 56.5 Å². The molecule has 0 saturated heterocycles. The lowest BCUT2D eigenvalue weighted by Gasteiger charge is -2.20. The molecule has 15 heteroatoms. The number of carbonyl (C=O) groups is 1. The van der Waals surface area contributed by atoms with Crippen LogP contribution < -0.4 is 15.4 Å². The number of anilines is 1. The topological polar surface area (TPSA) is 174 Å². The highest BCUT2D eigenvalue weighted by Gasteiger charge is 2.28. The van der Waals surface area contributed by atoms with Crippen molar-refractivity contribution in [3.8, 4) is 11.1 Å². The lowest BCUT2D eigenvalue weighted by atomic mass is 10.1. The average molecular weight is 526 g/mol. The predicted molar refractivity (Wildman–Crippen MR) is 133 cm³/mol. The van der Waals surface area contributed by atoms with Gasteiger partial charge in [0.25, 0.3) is 5.95 Å². The summed E-state index contributed by atoms with van der Waals surface area (Å²) in [5, 5.41) is 21.9. The minimum atomic E-state index is -3.74. The summed E-state index contributed by atoms with van der Waals surface area (Å²) in [5.41, 5.74) is 1.15. The van der Waals surface area contributed by atoms with Gasteiger partial charge in [0.2, 0.25) is 10.0 Å². The van der Waals surface area contributed by atoms with Gasteiger partial charge in [-0.2, -0.15) is 9.78 Å². The van der Waals surface area contributed by atoms with E-state index in [1.165, 1.54) is 15.5 Å². The van der Waals surface area contributed by atoms with E-state index >= 15 is 0 Å². The second kappa shape index (κ2) is 9.48. The van der Waals surface area contributed by atoms with Crippen LogP contribution in [0.4, 0.5) is 10.7 Å². The Hall–Kier alpha value is -3.98. The number of hydrogen-bond acceptors (Lipinski definition) is 9. The number of nitrogens with one attached hydrogen (secondary N) is 3. The van der Waals surface area contributed by atoms with E-state index in [1.807, 2.05) is 0 Å². The first-order chi connectivity index (χ1) is 17.6. The first-order valence-corrected chi connectivity index (χ1v) is 13.2. The molecular formula is C22H27N11O3S. The van der Waals surface area contributed by atoms with Crippen LogP contribution in [0.1, 0.15) is 45.4 Å². The molecule has 0 radical (unpaired) electrons. The summed E-state index contributed by atoms with van der Waals surface area (Å²) in [6.07, 6.45) is 6.75. The molecule has 0 aliphatic heterocycles. The van der Waals surface area contributed by atoms with E-state index in [4.69, 9.17) is 0 Å². The Balaban J connectivity index is 1.23. The molecule has 37 heavy (non-hydrogen) atoms. The fraction of sp³-hybridized carbons (Fsp3) is 0.409. The standard InChI is InChI=1S/C22H27N11O3S/c1-22(2,3)30-37(35,36)17-10-16(11-23-12-17)15-6-7-18-25-20(29-32(18)13-15)26-21(34)24-8-9-33-28-19(27-31-33)14-4-5-14/h6-7,10-14,30H,4-5,8-9H2,1-3H3,(H2,24,26,29,34). The van der Waals surface area contributed by atoms with Gasteiger partial charge < -0.3 is 5.32 Å². The fourth-order valence-corrected chi connectivity index (χ4v) is 4.97. The number of hydrogen-bond donors (Lipinski definition) is 3. The zero-order chi connectivity index (χ0) is 26.2. The van der Waals surface area contributed by atoms with Crippen molar-refractivity contribution in [2.75, 3.05) is 11.9 Å². The number of pyridine rings is 2. The molecule has 1 saturated carbocycles. The van der Waals surface area contributed by atoms with Gasteiger partial charge in [-0.25, -0.2) is 22.4 Å². The molecule has 194 valence electrons. The summed E-state index contributed by atoms with van der Waals surface area (Å²) < 4.78 is 29.5. The third-order valence-corrected chi connectivity index (χ3v) is 7.09. The van der Waals surface area contributed by atoms with Crippen LogP contribution in [0.3, 0.4) is 0 Å². The second-order valence-corrected chi connectivity index (χ2v) is 11.5. The van der Waals surface area contributed by atoms with Crippen LogP contribution in [0, 0.1) is 0 Å². The van der Waals surface area contributed by atoms with Gasteiger partial charge in [0.1, 0.15) is 4.90 Å². The number of amides is 2. The van der Waals surface area contributed by atoms with Crippen LogP contribution >= 0.6 is 0 Å². The maximum Gasteiger partial charge on any atom is 0.321 e. The molecule has 3 N–H and O–H groups in total. The highest BCUT2D eigenvalue weighted by molar-refractivity contribution is 7.89. The molecular weight excluding hydrogens is 498 g/mol. The Labute approximate surface area is 212 Å². The van der Waals surface area contributed by atoms with Gasteiger partial charge in [-0.1, -0.05) is 0 Å². The van der Waals surface area contributed by atoms with Gasteiger partial charge in [0, 0.05) is 47.7 Å². The average Bonchev–Trinajstić information content (AvgIpc) is 3.43. The SMILES string of the molecule is CC(C)(C)NS(=O)(=O)c1cncc(-c2ccc3nc(NC(=O)NCCn4nnc(C5CC5)n4)nn3c2)c1. The summed E-state index contributed by atoms with van der Waals surface area (Å²) in [6.45, 7) is 6.00. The van der Waals surface area contributed by atoms with Crippen molar-refractivity contribution in [3.63, 3.8) is 0 Å². The van der Waals surface area contributed by atoms with E-state index < -0.39 is 21.6 Å². The zero-order valence-electron chi connectivity index (χ0n) is 20.6. The Bertz CT molecular complexity index is 1550. The largest absolute Gasteiger partial charge is 0.336 e. The second-order valence-electron chi connectivity index (χ2n) is 9.82. The lowest BCUT2D eigenvalue weighted by molar-refractivity contribution is 0.251. The van der Waals surface area contributed by atoms with Gasteiger partial charge in [-0.3, -0.25) is 10.3 Å². The number of aromatic nitrogens is 8. The molecule has 0 unspecified atom stereocenters. The lowest BCUT2D eigenvalue weighted by Crippen LogP contribution is -2.40. The molecule has 1 fully saturated rings. The van der Waals surface area contributed by atoms with Gasteiger partial charge in [0.15, 0.2) is 11.5 Å². The van der Waals surface area contributed by atoms with Crippen LogP contribution in [-0.4, -0.2) is 66.3 Å². The number of urea groups is 1. The predicted octanol–water partition coefficient (Wildman–Crippen LogP) is 1.55. The highest BCUT2D eigenvalue weighted by Crippen LogP contribution is 2.37. The minimum absolute atomic E-state index is 0.0579. The number of rotatable bonds is 8. The molecule has 2 amide bonds. The molecule has 4 aromatic heterocycles. The van der Waals surface area contributed by atoms with Crippen molar-refractivity contribution >= 4 is 27.6 Å². The van der Waals surface area contributed by atoms with Crippen molar-refractivity contribution in [1.29, 1.82) is 0 Å². The summed E-state index contributed by atoms with van der Waals surface area (Å²) >= 11 is 0. The number of sulfonamides is 1. The van der Waals surface area contributed by atoms with Crippen LogP contribution in [0.5, 0.6) is 0 Å².